The van der Waals surface area contributed by atoms with E-state index >= 15 is 0 Å². The number of carbonyl (C=O) groups is 2. The Morgan fingerprint density at radius 3 is 2.35 bits per heavy atom. The van der Waals surface area contributed by atoms with Gasteiger partial charge < -0.3 is 15.0 Å². The lowest BCUT2D eigenvalue weighted by atomic mass is 9.95. The first-order valence-electron chi connectivity index (χ1n) is 7.66. The van der Waals surface area contributed by atoms with Gasteiger partial charge in [0.25, 0.3) is 11.5 Å². The Balaban J connectivity index is 2.35. The second-order valence-electron chi connectivity index (χ2n) is 7.26. The van der Waals surface area contributed by atoms with Crippen molar-refractivity contribution >= 4 is 11.9 Å². The van der Waals surface area contributed by atoms with E-state index < -0.39 is 23.4 Å². The number of nitrogens with zero attached hydrogens (tertiary/aromatic N) is 2. The Labute approximate surface area is 134 Å². The van der Waals surface area contributed by atoms with Crippen molar-refractivity contribution in [3.05, 3.63) is 27.4 Å². The first-order valence-corrected chi connectivity index (χ1v) is 7.66. The Morgan fingerprint density at radius 2 is 1.91 bits per heavy atom. The Morgan fingerprint density at radius 1 is 1.30 bits per heavy atom. The molecule has 23 heavy (non-hydrogen) atoms. The largest absolute Gasteiger partial charge is 0.481 e. The number of rotatable bonds is 2. The smallest absolute Gasteiger partial charge is 0.308 e. The maximum atomic E-state index is 12.6. The molecule has 0 unspecified atom stereocenters. The summed E-state index contributed by atoms with van der Waals surface area (Å²) >= 11 is 0. The molecule has 7 nitrogen and oxygen atoms in total. The van der Waals surface area contributed by atoms with Crippen LogP contribution in [0, 0.1) is 18.8 Å². The van der Waals surface area contributed by atoms with E-state index in [4.69, 9.17) is 0 Å². The van der Waals surface area contributed by atoms with Crippen LogP contribution in [0.4, 0.5) is 0 Å². The van der Waals surface area contributed by atoms with Crippen molar-refractivity contribution in [2.24, 2.45) is 11.8 Å². The molecule has 0 aliphatic carbocycles. The topological polar surface area (TPSA) is 103 Å². The molecule has 2 heterocycles. The fraction of sp³-hybridized carbons (Fsp3) is 0.625. The number of aryl methyl sites for hydroxylation is 1. The number of carboxylic acids is 1. The van der Waals surface area contributed by atoms with Crippen molar-refractivity contribution in [3.8, 4) is 0 Å². The molecular formula is C16H23N3O4. The van der Waals surface area contributed by atoms with Crippen molar-refractivity contribution in [1.29, 1.82) is 0 Å². The van der Waals surface area contributed by atoms with Crippen LogP contribution < -0.4 is 5.56 Å². The molecule has 0 bridgehead atoms. The first kappa shape index (κ1) is 17.2. The van der Waals surface area contributed by atoms with Crippen molar-refractivity contribution < 1.29 is 14.7 Å². The molecule has 2 N–H and O–H groups in total. The summed E-state index contributed by atoms with van der Waals surface area (Å²) in [4.78, 5) is 44.6. The monoisotopic (exact) mass is 321 g/mol. The average Bonchev–Trinajstić information content (AvgIpc) is 2.79. The number of H-pyrrole nitrogens is 1. The van der Waals surface area contributed by atoms with Crippen LogP contribution in [0.3, 0.4) is 0 Å². The van der Waals surface area contributed by atoms with E-state index in [1.165, 1.54) is 4.90 Å². The van der Waals surface area contributed by atoms with Gasteiger partial charge in [0.15, 0.2) is 0 Å². The quantitative estimate of drug-likeness (QED) is 0.851. The summed E-state index contributed by atoms with van der Waals surface area (Å²) in [6.07, 6.45) is 0. The van der Waals surface area contributed by atoms with Crippen LogP contribution in [-0.2, 0) is 10.2 Å². The molecule has 2 atom stereocenters. The van der Waals surface area contributed by atoms with Gasteiger partial charge >= 0.3 is 5.97 Å². The molecule has 0 radical (unpaired) electrons. The highest BCUT2D eigenvalue weighted by molar-refractivity contribution is 5.95. The van der Waals surface area contributed by atoms with E-state index in [2.05, 4.69) is 9.97 Å². The van der Waals surface area contributed by atoms with Gasteiger partial charge in [-0.25, -0.2) is 4.98 Å². The van der Waals surface area contributed by atoms with Crippen LogP contribution >= 0.6 is 0 Å². The summed E-state index contributed by atoms with van der Waals surface area (Å²) in [5, 5.41) is 9.17. The van der Waals surface area contributed by atoms with E-state index in [1.807, 2.05) is 20.8 Å². The zero-order valence-electron chi connectivity index (χ0n) is 14.1. The molecule has 1 amide bonds. The summed E-state index contributed by atoms with van der Waals surface area (Å²) < 4.78 is 0. The minimum absolute atomic E-state index is 0.00348. The van der Waals surface area contributed by atoms with E-state index in [-0.39, 0.29) is 23.4 Å². The summed E-state index contributed by atoms with van der Waals surface area (Å²) in [5.41, 5.74) is -0.438. The third-order valence-corrected chi connectivity index (χ3v) is 4.24. The zero-order chi connectivity index (χ0) is 17.5. The number of amides is 1. The molecule has 0 saturated carbocycles. The molecule has 1 saturated heterocycles. The highest BCUT2D eigenvalue weighted by Crippen LogP contribution is 2.25. The molecule has 1 aliphatic heterocycles. The van der Waals surface area contributed by atoms with E-state index in [1.54, 1.807) is 13.8 Å². The molecule has 2 rings (SSSR count). The standard InChI is InChI=1S/C16H23N3O4/c1-8-6-19(7-10(8)14(22)23)13(21)11-9(2)17-15(16(3,4)5)18-12(11)20/h8,10H,6-7H2,1-5H3,(H,22,23)(H,17,18,20)/t8-,10-/m1/s1. The summed E-state index contributed by atoms with van der Waals surface area (Å²) in [6, 6.07) is 0. The van der Waals surface area contributed by atoms with Gasteiger partial charge in [-0.15, -0.1) is 0 Å². The Kier molecular flexibility index (Phi) is 4.32. The normalized spacial score (nSPS) is 21.5. The third kappa shape index (κ3) is 3.28. The second-order valence-corrected chi connectivity index (χ2v) is 7.26. The lowest BCUT2D eigenvalue weighted by Crippen LogP contribution is -2.36. The van der Waals surface area contributed by atoms with Crippen molar-refractivity contribution in [2.75, 3.05) is 13.1 Å². The minimum atomic E-state index is -0.917. The van der Waals surface area contributed by atoms with E-state index in [0.29, 0.717) is 18.1 Å². The molecule has 1 aliphatic rings. The second kappa shape index (κ2) is 5.79. The number of aliphatic carboxylic acids is 1. The van der Waals surface area contributed by atoms with Gasteiger partial charge in [-0.05, 0) is 12.8 Å². The number of aromatic nitrogens is 2. The predicted octanol–water partition coefficient (Wildman–Crippen LogP) is 1.17. The minimum Gasteiger partial charge on any atom is -0.481 e. The van der Waals surface area contributed by atoms with Gasteiger partial charge in [0.2, 0.25) is 0 Å². The van der Waals surface area contributed by atoms with E-state index in [9.17, 15) is 19.5 Å². The fourth-order valence-electron chi connectivity index (χ4n) is 2.81. The van der Waals surface area contributed by atoms with Crippen LogP contribution in [0.5, 0.6) is 0 Å². The van der Waals surface area contributed by atoms with Crippen molar-refractivity contribution in [1.82, 2.24) is 14.9 Å². The first-order chi connectivity index (χ1) is 10.5. The van der Waals surface area contributed by atoms with Gasteiger partial charge in [0.1, 0.15) is 11.4 Å². The number of nitrogens with one attached hydrogen (secondary N) is 1. The number of carboxylic acid groups (broad SMARTS) is 1. The predicted molar refractivity (Wildman–Crippen MR) is 84.5 cm³/mol. The Bertz CT molecular complexity index is 702. The van der Waals surface area contributed by atoms with Crippen LogP contribution in [0.2, 0.25) is 0 Å². The summed E-state index contributed by atoms with van der Waals surface area (Å²) in [5.74, 6) is -1.58. The van der Waals surface area contributed by atoms with Gasteiger partial charge in [-0.3, -0.25) is 14.4 Å². The summed E-state index contributed by atoms with van der Waals surface area (Å²) in [6.45, 7) is 9.64. The van der Waals surface area contributed by atoms with Crippen molar-refractivity contribution in [2.45, 2.75) is 40.0 Å². The molecule has 1 aromatic heterocycles. The molecule has 1 fully saturated rings. The van der Waals surface area contributed by atoms with Crippen LogP contribution in [0.1, 0.15) is 49.6 Å². The number of aromatic amines is 1. The SMILES string of the molecule is Cc1nc(C(C)(C)C)[nH]c(=O)c1C(=O)N1C[C@@H](C)[C@H](C(=O)O)C1. The number of carbonyl (C=O) groups excluding carboxylic acids is 1. The van der Waals surface area contributed by atoms with Gasteiger partial charge in [0, 0.05) is 18.5 Å². The van der Waals surface area contributed by atoms with E-state index in [0.717, 1.165) is 0 Å². The van der Waals surface area contributed by atoms with Crippen LogP contribution in [0.15, 0.2) is 4.79 Å². The lowest BCUT2D eigenvalue weighted by molar-refractivity contribution is -0.142. The third-order valence-electron chi connectivity index (χ3n) is 4.24. The van der Waals surface area contributed by atoms with Gasteiger partial charge in [-0.1, -0.05) is 27.7 Å². The van der Waals surface area contributed by atoms with Crippen molar-refractivity contribution in [3.63, 3.8) is 0 Å². The number of hydrogen-bond acceptors (Lipinski definition) is 4. The molecule has 1 aromatic rings. The Hall–Kier alpha value is -2.18. The van der Waals surface area contributed by atoms with Gasteiger partial charge in [-0.2, -0.15) is 0 Å². The zero-order valence-corrected chi connectivity index (χ0v) is 14.1. The highest BCUT2D eigenvalue weighted by atomic mass is 16.4. The lowest BCUT2D eigenvalue weighted by Gasteiger charge is -2.20. The maximum absolute atomic E-state index is 12.6. The molecule has 0 spiro atoms. The number of likely N-dealkylation sites (tertiary alicyclic amines) is 1. The van der Waals surface area contributed by atoms with Crippen LogP contribution in [0.25, 0.3) is 0 Å². The summed E-state index contributed by atoms with van der Waals surface area (Å²) in [7, 11) is 0. The average molecular weight is 321 g/mol. The maximum Gasteiger partial charge on any atom is 0.308 e. The molecule has 0 aromatic carbocycles. The fourth-order valence-corrected chi connectivity index (χ4v) is 2.81. The molecule has 126 valence electrons. The van der Waals surface area contributed by atoms with Crippen LogP contribution in [-0.4, -0.2) is 44.9 Å². The molecular weight excluding hydrogens is 298 g/mol. The molecule has 7 heteroatoms. The van der Waals surface area contributed by atoms with Gasteiger partial charge in [0.05, 0.1) is 11.6 Å². The highest BCUT2D eigenvalue weighted by Gasteiger charge is 2.38. The number of hydrogen-bond donors (Lipinski definition) is 2.